The summed E-state index contributed by atoms with van der Waals surface area (Å²) in [6, 6.07) is 24.8. The molecule has 0 bridgehead atoms. The van der Waals surface area contributed by atoms with Crippen LogP contribution in [0.4, 0.5) is 26.3 Å². The first kappa shape index (κ1) is 39.1. The van der Waals surface area contributed by atoms with Gasteiger partial charge in [0.05, 0.1) is 0 Å². The molecule has 49 heavy (non-hydrogen) atoms. The van der Waals surface area contributed by atoms with Crippen molar-refractivity contribution >= 4 is 6.48 Å². The van der Waals surface area contributed by atoms with E-state index in [1.165, 1.54) is 21.0 Å². The molecule has 0 spiro atoms. The molecular formula is C40H36Cl2F6Zr. The maximum absolute atomic E-state index is 14.2. The Morgan fingerprint density at radius 1 is 0.714 bits per heavy atom. The predicted molar refractivity (Wildman–Crippen MR) is 174 cm³/mol. The van der Waals surface area contributed by atoms with E-state index in [-0.39, 0.29) is 36.1 Å². The Morgan fingerprint density at radius 3 is 1.82 bits per heavy atom. The van der Waals surface area contributed by atoms with Crippen LogP contribution in [0.25, 0.3) is 11.1 Å². The summed E-state index contributed by atoms with van der Waals surface area (Å²) < 4.78 is 88.1. The van der Waals surface area contributed by atoms with E-state index in [9.17, 15) is 26.3 Å². The first-order valence-electron chi connectivity index (χ1n) is 15.9. The number of halogens is 8. The summed E-state index contributed by atoms with van der Waals surface area (Å²) in [5.74, 6) is 0.0508. The van der Waals surface area contributed by atoms with Gasteiger partial charge in [-0.25, -0.2) is 0 Å². The number of hydrogen-bond acceptors (Lipinski definition) is 0. The minimum absolute atomic E-state index is 0. The van der Waals surface area contributed by atoms with Gasteiger partial charge in [0.2, 0.25) is 0 Å². The van der Waals surface area contributed by atoms with Crippen LogP contribution >= 0.6 is 0 Å². The Balaban J connectivity index is 0.00000270. The Morgan fingerprint density at radius 2 is 1.27 bits per heavy atom. The molecule has 1 atom stereocenters. The van der Waals surface area contributed by atoms with Crippen LogP contribution in [0.3, 0.4) is 0 Å². The van der Waals surface area contributed by atoms with Crippen molar-refractivity contribution in [2.45, 2.75) is 59.3 Å². The third-order valence-electron chi connectivity index (χ3n) is 9.17. The van der Waals surface area contributed by atoms with E-state index in [1.807, 2.05) is 18.2 Å². The average molecular weight is 793 g/mol. The van der Waals surface area contributed by atoms with Gasteiger partial charge in [-0.3, -0.25) is 0 Å². The fourth-order valence-corrected chi connectivity index (χ4v) is 15.4. The Hall–Kier alpha value is -2.73. The molecule has 0 saturated heterocycles. The first-order valence-corrected chi connectivity index (χ1v) is 19.6. The molecule has 0 fully saturated rings. The van der Waals surface area contributed by atoms with Crippen molar-refractivity contribution < 1.29 is 72.4 Å². The van der Waals surface area contributed by atoms with Crippen LogP contribution in [0.2, 0.25) is 0 Å². The summed E-state index contributed by atoms with van der Waals surface area (Å²) in [5, 5.41) is 0. The monoisotopic (exact) mass is 790 g/mol. The molecule has 2 aliphatic carbocycles. The summed E-state index contributed by atoms with van der Waals surface area (Å²) >= 11 is -3.64. The van der Waals surface area contributed by atoms with Crippen LogP contribution in [-0.4, -0.2) is 3.21 Å². The van der Waals surface area contributed by atoms with E-state index in [0.717, 1.165) is 62.6 Å². The van der Waals surface area contributed by atoms with Gasteiger partial charge in [0.15, 0.2) is 0 Å². The molecule has 9 heteroatoms. The van der Waals surface area contributed by atoms with Crippen molar-refractivity contribution in [2.24, 2.45) is 11.3 Å². The molecule has 0 aliphatic heterocycles. The van der Waals surface area contributed by atoms with E-state index in [0.29, 0.717) is 20.8 Å². The molecule has 0 nitrogen and oxygen atoms in total. The molecule has 4 aromatic carbocycles. The van der Waals surface area contributed by atoms with Crippen LogP contribution in [0.1, 0.15) is 73.9 Å². The summed E-state index contributed by atoms with van der Waals surface area (Å²) in [4.78, 5) is 0. The van der Waals surface area contributed by atoms with E-state index in [2.05, 4.69) is 64.1 Å². The number of fused-ring (bicyclic) bond motifs is 3. The molecule has 4 aromatic rings. The van der Waals surface area contributed by atoms with E-state index < -0.39 is 44.7 Å². The zero-order valence-corrected chi connectivity index (χ0v) is 31.5. The van der Waals surface area contributed by atoms with Gasteiger partial charge >= 0.3 is 281 Å². The van der Waals surface area contributed by atoms with Gasteiger partial charge in [-0.1, -0.05) is 0 Å². The van der Waals surface area contributed by atoms with Crippen molar-refractivity contribution in [3.05, 3.63) is 145 Å². The van der Waals surface area contributed by atoms with Crippen LogP contribution in [0.5, 0.6) is 0 Å². The molecule has 0 N–H and O–H groups in total. The van der Waals surface area contributed by atoms with E-state index in [1.54, 1.807) is 12.1 Å². The summed E-state index contributed by atoms with van der Waals surface area (Å²) in [7, 11) is 0. The normalized spacial score (nSPS) is 15.2. The quantitative estimate of drug-likeness (QED) is 0.210. The van der Waals surface area contributed by atoms with E-state index >= 15 is 0 Å². The van der Waals surface area contributed by atoms with Gasteiger partial charge < -0.3 is 24.8 Å². The van der Waals surface area contributed by atoms with Gasteiger partial charge in [0.1, 0.15) is 0 Å². The van der Waals surface area contributed by atoms with Crippen molar-refractivity contribution in [1.82, 2.24) is 0 Å². The molecule has 0 amide bonds. The first-order chi connectivity index (χ1) is 22.2. The molecule has 0 radical (unpaired) electrons. The standard InChI is InChI=1S/C15H8F6.C13H9.C12H19.2ClH.Zr/c16-14(17,18)12-5-1-3-10(8-12)7-11-4-2-6-13(9-11)15(19,20)21;1-3-7-12-10(5-1)9-11-6-2-4-8-13(11)12;1-5-6-10-7-8-11(9-10)12(2,3)4;;;/h1-6,8-9H;1-5,7-8H,9H2;8-10H,5-6H2,1-4H3;2*1H;/q;;;;;+2/p-2. The Bertz CT molecular complexity index is 1880. The van der Waals surface area contributed by atoms with Crippen molar-refractivity contribution in [3.8, 4) is 11.1 Å². The smallest absolute Gasteiger partial charge is 1.00 e. The maximum atomic E-state index is 14.2. The predicted octanol–water partition coefficient (Wildman–Crippen LogP) is 5.10. The zero-order valence-electron chi connectivity index (χ0n) is 27.5. The summed E-state index contributed by atoms with van der Waals surface area (Å²) in [6.45, 7) is 8.55. The number of allylic oxidation sites excluding steroid dienone is 4. The average Bonchev–Trinajstić information content (AvgIpc) is 3.61. The topological polar surface area (TPSA) is 0 Å². The second-order valence-electron chi connectivity index (χ2n) is 13.4. The van der Waals surface area contributed by atoms with Gasteiger partial charge in [0.25, 0.3) is 0 Å². The summed E-state index contributed by atoms with van der Waals surface area (Å²) in [6.07, 6.45) is -2.24. The molecule has 0 heterocycles. The van der Waals surface area contributed by atoms with Gasteiger partial charge in [-0.05, 0) is 0 Å². The number of benzene rings is 4. The van der Waals surface area contributed by atoms with E-state index in [4.69, 9.17) is 0 Å². The second-order valence-corrected chi connectivity index (χ2v) is 19.3. The summed E-state index contributed by atoms with van der Waals surface area (Å²) in [5.41, 5.74) is 4.57. The van der Waals surface area contributed by atoms with Crippen LogP contribution in [0.15, 0.2) is 112 Å². The molecule has 1 unspecified atom stereocenters. The largest absolute Gasteiger partial charge is 1.00 e. The van der Waals surface area contributed by atoms with Crippen molar-refractivity contribution in [3.63, 3.8) is 0 Å². The maximum Gasteiger partial charge on any atom is -1.00 e. The van der Waals surface area contributed by atoms with Crippen LogP contribution < -0.4 is 28.1 Å². The number of hydrogen-bond donors (Lipinski definition) is 0. The van der Waals surface area contributed by atoms with Crippen molar-refractivity contribution in [1.29, 1.82) is 0 Å². The zero-order chi connectivity index (χ0) is 33.7. The molecule has 6 rings (SSSR count). The van der Waals surface area contributed by atoms with Crippen LogP contribution in [0, 0.1) is 11.3 Å². The minimum Gasteiger partial charge on any atom is -1.00 e. The fourth-order valence-electron chi connectivity index (χ4n) is 6.89. The molecule has 0 saturated carbocycles. The van der Waals surface area contributed by atoms with Crippen LogP contribution in [-0.2, 0) is 40.0 Å². The van der Waals surface area contributed by atoms with Gasteiger partial charge in [-0.15, -0.1) is 0 Å². The van der Waals surface area contributed by atoms with Gasteiger partial charge in [0, 0.05) is 0 Å². The second kappa shape index (κ2) is 14.9. The van der Waals surface area contributed by atoms with Gasteiger partial charge in [-0.2, -0.15) is 0 Å². The Kier molecular flexibility index (Phi) is 11.8. The van der Waals surface area contributed by atoms with Crippen molar-refractivity contribution in [2.75, 3.05) is 0 Å². The number of alkyl halides is 6. The molecule has 2 aliphatic rings. The minimum atomic E-state index is -4.60. The SMILES string of the molecule is CCCC1C=C(C(C)(C)C)C=[C]1[Zr+2](=[C](c1cccc(C(F)(F)F)c1)c1cccc(C(F)(F)F)c1)[c]1cccc2c1Cc1ccccc1-2.[Cl-].[Cl-]. The third kappa shape index (κ3) is 7.95. The fraction of sp³-hybridized carbons (Fsp3) is 0.275. The number of rotatable bonds is 6. The molecular weight excluding hydrogens is 757 g/mol. The molecule has 0 aromatic heterocycles. The third-order valence-corrected chi connectivity index (χ3v) is 17.0. The molecule has 256 valence electrons. The Labute approximate surface area is 304 Å².